The Kier molecular flexibility index (Phi) is 6.03. The molecule has 1 atom stereocenters. The molecule has 0 unspecified atom stereocenters. The van der Waals surface area contributed by atoms with Crippen molar-refractivity contribution in [3.05, 3.63) is 73.1 Å². The van der Waals surface area contributed by atoms with E-state index in [1.807, 2.05) is 55.5 Å². The van der Waals surface area contributed by atoms with Crippen LogP contribution in [0, 0.1) is 6.92 Å². The van der Waals surface area contributed by atoms with Crippen molar-refractivity contribution >= 4 is 80.5 Å². The molecule has 0 bridgehead atoms. The minimum absolute atomic E-state index is 0.373. The van der Waals surface area contributed by atoms with Crippen LogP contribution in [0.5, 0.6) is 5.75 Å². The van der Waals surface area contributed by atoms with E-state index in [0.29, 0.717) is 10.2 Å². The second kappa shape index (κ2) is 7.91. The van der Waals surface area contributed by atoms with Crippen molar-refractivity contribution in [2.75, 3.05) is 0 Å². The molecular formula is C19H12Br4O2. The lowest BCUT2D eigenvalue weighted by Crippen LogP contribution is -2.14. The van der Waals surface area contributed by atoms with Gasteiger partial charge in [0.25, 0.3) is 0 Å². The van der Waals surface area contributed by atoms with Crippen molar-refractivity contribution in [1.29, 1.82) is 0 Å². The van der Waals surface area contributed by atoms with E-state index in [2.05, 4.69) is 63.7 Å². The molecule has 0 amide bonds. The first-order chi connectivity index (χ1) is 11.9. The first kappa shape index (κ1) is 19.1. The molecule has 3 aromatic rings. The van der Waals surface area contributed by atoms with E-state index in [-0.39, 0.29) is 5.97 Å². The fourth-order valence-corrected chi connectivity index (χ4v) is 4.62. The molecule has 0 saturated carbocycles. The molecule has 3 aromatic carbocycles. The second-order valence-electron chi connectivity index (χ2n) is 5.56. The fraction of sp³-hybridized carbons (Fsp3) is 0.105. The van der Waals surface area contributed by atoms with Gasteiger partial charge in [-0.1, -0.05) is 67.8 Å². The summed E-state index contributed by atoms with van der Waals surface area (Å²) in [4.78, 5) is 12.0. The Morgan fingerprint density at radius 2 is 1.68 bits per heavy atom. The number of rotatable bonds is 3. The lowest BCUT2D eigenvalue weighted by Gasteiger charge is -2.14. The summed E-state index contributed by atoms with van der Waals surface area (Å²) in [6, 6.07) is 15.6. The fourth-order valence-electron chi connectivity index (χ4n) is 2.40. The van der Waals surface area contributed by atoms with Crippen molar-refractivity contribution < 1.29 is 9.53 Å². The predicted molar refractivity (Wildman–Crippen MR) is 116 cm³/mol. The zero-order valence-corrected chi connectivity index (χ0v) is 19.4. The maximum atomic E-state index is 12.6. The Bertz CT molecular complexity index is 952. The number of carbonyl (C=O) groups is 1. The normalized spacial score (nSPS) is 12.2. The summed E-state index contributed by atoms with van der Waals surface area (Å²) in [5.74, 6) is 0.0955. The molecule has 0 aliphatic heterocycles. The van der Waals surface area contributed by atoms with Crippen LogP contribution >= 0.6 is 63.7 Å². The summed E-state index contributed by atoms with van der Waals surface area (Å²) in [7, 11) is 0. The number of carbonyl (C=O) groups excluding carboxylic acids is 1. The predicted octanol–water partition coefficient (Wildman–Crippen LogP) is 7.48. The van der Waals surface area contributed by atoms with E-state index >= 15 is 0 Å². The maximum Gasteiger partial charge on any atom is 0.329 e. The number of esters is 1. The summed E-state index contributed by atoms with van der Waals surface area (Å²) in [5, 5.41) is 2.00. The van der Waals surface area contributed by atoms with Crippen LogP contribution in [-0.4, -0.2) is 5.97 Å². The number of alkyl halides is 1. The highest BCUT2D eigenvalue weighted by molar-refractivity contribution is 9.11. The Labute approximate surface area is 179 Å². The summed E-state index contributed by atoms with van der Waals surface area (Å²) >= 11 is 14.0. The van der Waals surface area contributed by atoms with Gasteiger partial charge in [-0.05, 0) is 73.3 Å². The van der Waals surface area contributed by atoms with Crippen LogP contribution in [0.4, 0.5) is 0 Å². The molecule has 0 aromatic heterocycles. The Morgan fingerprint density at radius 3 is 2.36 bits per heavy atom. The number of hydrogen-bond donors (Lipinski definition) is 0. The topological polar surface area (TPSA) is 26.3 Å². The van der Waals surface area contributed by atoms with Crippen LogP contribution in [0.3, 0.4) is 0 Å². The van der Waals surface area contributed by atoms with Gasteiger partial charge < -0.3 is 4.74 Å². The average molecular weight is 592 g/mol. The van der Waals surface area contributed by atoms with Crippen LogP contribution in [0.1, 0.15) is 16.0 Å². The van der Waals surface area contributed by atoms with Crippen LogP contribution in [0.2, 0.25) is 0 Å². The lowest BCUT2D eigenvalue weighted by molar-refractivity contribution is -0.133. The summed E-state index contributed by atoms with van der Waals surface area (Å²) < 4.78 is 8.11. The summed E-state index contributed by atoms with van der Waals surface area (Å²) in [6.07, 6.45) is 0. The molecule has 0 fully saturated rings. The van der Waals surface area contributed by atoms with E-state index < -0.39 is 4.83 Å². The number of benzene rings is 3. The number of halogens is 4. The van der Waals surface area contributed by atoms with Crippen molar-refractivity contribution in [3.8, 4) is 5.75 Å². The summed E-state index contributed by atoms with van der Waals surface area (Å²) in [6.45, 7) is 2.01. The molecular weight excluding hydrogens is 580 g/mol. The minimum Gasteiger partial charge on any atom is -0.423 e. The highest BCUT2D eigenvalue weighted by Gasteiger charge is 2.22. The van der Waals surface area contributed by atoms with Gasteiger partial charge in [0, 0.05) is 4.47 Å². The number of hydrogen-bond acceptors (Lipinski definition) is 2. The van der Waals surface area contributed by atoms with Crippen LogP contribution in [0.25, 0.3) is 10.8 Å². The standard InChI is InChI=1S/C19H12Br4O2/c1-10-2-4-11(5-3-10)16(22)19(24)25-18-15(21)9-12-8-13(20)6-7-14(12)17(18)23/h2-9,16H,1H3/t16-/m0/s1. The van der Waals surface area contributed by atoms with E-state index in [1.54, 1.807) is 0 Å². The SMILES string of the molecule is Cc1ccc([C@H](Br)C(=O)Oc2c(Br)cc3cc(Br)ccc3c2Br)cc1. The zero-order chi connectivity index (χ0) is 18.1. The number of fused-ring (bicyclic) bond motifs is 1. The monoisotopic (exact) mass is 588 g/mol. The van der Waals surface area contributed by atoms with Gasteiger partial charge >= 0.3 is 5.97 Å². The third kappa shape index (κ3) is 4.18. The third-order valence-electron chi connectivity index (χ3n) is 3.73. The molecule has 0 radical (unpaired) electrons. The third-order valence-corrected chi connectivity index (χ3v) is 6.50. The molecule has 25 heavy (non-hydrogen) atoms. The van der Waals surface area contributed by atoms with Gasteiger partial charge in [0.15, 0.2) is 5.75 Å². The van der Waals surface area contributed by atoms with Gasteiger partial charge in [0.1, 0.15) is 4.83 Å². The smallest absolute Gasteiger partial charge is 0.329 e. The van der Waals surface area contributed by atoms with Crippen molar-refractivity contribution in [2.24, 2.45) is 0 Å². The van der Waals surface area contributed by atoms with Gasteiger partial charge in [-0.25, -0.2) is 0 Å². The molecule has 2 nitrogen and oxygen atoms in total. The van der Waals surface area contributed by atoms with E-state index in [0.717, 1.165) is 30.8 Å². The van der Waals surface area contributed by atoms with Gasteiger partial charge in [-0.2, -0.15) is 0 Å². The van der Waals surface area contributed by atoms with Gasteiger partial charge in [-0.15, -0.1) is 0 Å². The maximum absolute atomic E-state index is 12.6. The highest BCUT2D eigenvalue weighted by atomic mass is 79.9. The molecule has 3 rings (SSSR count). The molecule has 0 heterocycles. The first-order valence-corrected chi connectivity index (χ1v) is 10.7. The van der Waals surface area contributed by atoms with Crippen LogP contribution < -0.4 is 4.74 Å². The molecule has 6 heteroatoms. The van der Waals surface area contributed by atoms with Crippen molar-refractivity contribution in [3.63, 3.8) is 0 Å². The van der Waals surface area contributed by atoms with E-state index in [9.17, 15) is 4.79 Å². The van der Waals surface area contributed by atoms with Crippen LogP contribution in [-0.2, 0) is 4.79 Å². The molecule has 0 aliphatic rings. The Balaban J connectivity index is 1.93. The molecule has 0 aliphatic carbocycles. The molecule has 0 spiro atoms. The van der Waals surface area contributed by atoms with E-state index in [4.69, 9.17) is 4.74 Å². The number of ether oxygens (including phenoxy) is 1. The molecule has 0 saturated heterocycles. The van der Waals surface area contributed by atoms with Crippen molar-refractivity contribution in [2.45, 2.75) is 11.8 Å². The quantitative estimate of drug-likeness (QED) is 0.179. The van der Waals surface area contributed by atoms with Gasteiger partial charge in [0.05, 0.1) is 8.95 Å². The Hall–Kier alpha value is -0.690. The molecule has 128 valence electrons. The first-order valence-electron chi connectivity index (χ1n) is 7.36. The second-order valence-corrected chi connectivity index (χ2v) is 9.04. The largest absolute Gasteiger partial charge is 0.423 e. The molecule has 0 N–H and O–H groups in total. The minimum atomic E-state index is -0.535. The Morgan fingerprint density at radius 1 is 1.00 bits per heavy atom. The highest BCUT2D eigenvalue weighted by Crippen LogP contribution is 2.41. The van der Waals surface area contributed by atoms with Gasteiger partial charge in [-0.3, -0.25) is 4.79 Å². The lowest BCUT2D eigenvalue weighted by atomic mass is 10.1. The van der Waals surface area contributed by atoms with Crippen LogP contribution in [0.15, 0.2) is 61.9 Å². The van der Waals surface area contributed by atoms with Gasteiger partial charge in [0.2, 0.25) is 0 Å². The summed E-state index contributed by atoms with van der Waals surface area (Å²) in [5.41, 5.74) is 2.00. The average Bonchev–Trinajstić information content (AvgIpc) is 2.58. The van der Waals surface area contributed by atoms with E-state index in [1.165, 1.54) is 0 Å². The zero-order valence-electron chi connectivity index (χ0n) is 13.0. The number of aryl methyl sites for hydroxylation is 1. The van der Waals surface area contributed by atoms with Crippen molar-refractivity contribution in [1.82, 2.24) is 0 Å².